The average molecular weight is 213 g/mol. The lowest BCUT2D eigenvalue weighted by Gasteiger charge is -2.06. The Morgan fingerprint density at radius 2 is 2.29 bits per heavy atom. The number of thioether (sulfide) groups is 1. The van der Waals surface area contributed by atoms with Crippen LogP contribution in [0.4, 0.5) is 0 Å². The summed E-state index contributed by atoms with van der Waals surface area (Å²) in [6, 6.07) is 1.10. The number of hydrogen-bond acceptors (Lipinski definition) is 6. The van der Waals surface area contributed by atoms with Crippen molar-refractivity contribution in [2.75, 3.05) is 12.9 Å². The van der Waals surface area contributed by atoms with Gasteiger partial charge in [-0.05, 0) is 6.07 Å². The van der Waals surface area contributed by atoms with Crippen LogP contribution in [-0.2, 0) is 9.53 Å². The molecule has 0 aliphatic heterocycles. The molecule has 6 heteroatoms. The number of nitrogens with zero attached hydrogens (tertiary/aromatic N) is 2. The maximum atomic E-state index is 10.9. The van der Waals surface area contributed by atoms with Gasteiger partial charge < -0.3 is 10.5 Å². The normalized spacial score (nSPS) is 12.1. The lowest BCUT2D eigenvalue weighted by atomic mass is 10.4. The first-order chi connectivity index (χ1) is 6.74. The molecule has 0 saturated carbocycles. The minimum absolute atomic E-state index is 0.413. The summed E-state index contributed by atoms with van der Waals surface area (Å²) in [5.74, 6) is -0.00937. The van der Waals surface area contributed by atoms with Crippen LogP contribution in [0.1, 0.15) is 0 Å². The van der Waals surface area contributed by atoms with Crippen LogP contribution in [0.25, 0.3) is 0 Å². The van der Waals surface area contributed by atoms with Gasteiger partial charge in [0.2, 0.25) is 0 Å². The van der Waals surface area contributed by atoms with Gasteiger partial charge in [-0.25, -0.2) is 9.97 Å². The zero-order valence-corrected chi connectivity index (χ0v) is 8.53. The van der Waals surface area contributed by atoms with E-state index in [0.29, 0.717) is 10.9 Å². The van der Waals surface area contributed by atoms with Crippen LogP contribution in [-0.4, -0.2) is 34.8 Å². The van der Waals surface area contributed by atoms with Gasteiger partial charge in [-0.3, -0.25) is 4.79 Å². The van der Waals surface area contributed by atoms with Crippen LogP contribution >= 0.6 is 11.8 Å². The van der Waals surface area contributed by atoms with Gasteiger partial charge in [0.1, 0.15) is 6.04 Å². The number of rotatable bonds is 4. The van der Waals surface area contributed by atoms with E-state index in [4.69, 9.17) is 5.73 Å². The van der Waals surface area contributed by atoms with Crippen molar-refractivity contribution in [1.82, 2.24) is 9.97 Å². The van der Waals surface area contributed by atoms with E-state index in [1.807, 2.05) is 0 Å². The molecule has 1 rings (SSSR count). The van der Waals surface area contributed by atoms with Gasteiger partial charge in [0.25, 0.3) is 0 Å². The summed E-state index contributed by atoms with van der Waals surface area (Å²) in [7, 11) is 1.31. The molecule has 0 unspecified atom stereocenters. The number of methoxy groups -OCH3 is 1. The van der Waals surface area contributed by atoms with Crippen molar-refractivity contribution in [3.8, 4) is 0 Å². The van der Waals surface area contributed by atoms with E-state index >= 15 is 0 Å². The summed E-state index contributed by atoms with van der Waals surface area (Å²) in [6.07, 6.45) is 3.28. The molecule has 0 amide bonds. The first kappa shape index (κ1) is 10.9. The number of nitrogens with two attached hydrogens (primary N) is 1. The molecule has 2 N–H and O–H groups in total. The predicted octanol–water partition coefficient (Wildman–Crippen LogP) is 0.0690. The molecule has 0 bridgehead atoms. The highest BCUT2D eigenvalue weighted by Gasteiger charge is 2.14. The Morgan fingerprint density at radius 3 is 2.86 bits per heavy atom. The minimum Gasteiger partial charge on any atom is -0.468 e. The minimum atomic E-state index is -0.631. The fourth-order valence-corrected chi connectivity index (χ4v) is 1.48. The molecule has 0 aliphatic carbocycles. The van der Waals surface area contributed by atoms with Gasteiger partial charge in [-0.15, -0.1) is 0 Å². The second kappa shape index (κ2) is 5.56. The van der Waals surface area contributed by atoms with Gasteiger partial charge in [0.05, 0.1) is 7.11 Å². The van der Waals surface area contributed by atoms with Crippen LogP contribution in [0.5, 0.6) is 0 Å². The maximum absolute atomic E-state index is 10.9. The van der Waals surface area contributed by atoms with E-state index in [0.717, 1.165) is 0 Å². The topological polar surface area (TPSA) is 78.1 Å². The quantitative estimate of drug-likeness (QED) is 0.433. The Bertz CT molecular complexity index is 294. The Hall–Kier alpha value is -1.14. The van der Waals surface area contributed by atoms with Gasteiger partial charge >= 0.3 is 5.97 Å². The lowest BCUT2D eigenvalue weighted by molar-refractivity contribution is -0.141. The van der Waals surface area contributed by atoms with E-state index in [2.05, 4.69) is 14.7 Å². The molecule has 76 valence electrons. The van der Waals surface area contributed by atoms with Crippen molar-refractivity contribution >= 4 is 17.7 Å². The van der Waals surface area contributed by atoms with Gasteiger partial charge in [-0.2, -0.15) is 0 Å². The zero-order valence-electron chi connectivity index (χ0n) is 7.71. The number of esters is 1. The van der Waals surface area contributed by atoms with Crippen molar-refractivity contribution < 1.29 is 9.53 Å². The SMILES string of the molecule is COC(=O)[C@@H](N)CSc1ncccn1. The molecule has 1 aromatic heterocycles. The molecular weight excluding hydrogens is 202 g/mol. The van der Waals surface area contributed by atoms with E-state index in [1.54, 1.807) is 18.5 Å². The van der Waals surface area contributed by atoms with Gasteiger partial charge in [-0.1, -0.05) is 11.8 Å². The number of hydrogen-bond donors (Lipinski definition) is 1. The Balaban J connectivity index is 2.38. The summed E-state index contributed by atoms with van der Waals surface area (Å²) in [5, 5.41) is 0.604. The Labute approximate surface area is 86.1 Å². The molecule has 0 fully saturated rings. The molecule has 14 heavy (non-hydrogen) atoms. The highest BCUT2D eigenvalue weighted by atomic mass is 32.2. The summed E-state index contributed by atoms with van der Waals surface area (Å²) < 4.78 is 4.48. The fourth-order valence-electron chi connectivity index (χ4n) is 0.744. The molecule has 0 saturated heterocycles. The monoisotopic (exact) mass is 213 g/mol. The van der Waals surface area contributed by atoms with Crippen LogP contribution in [0, 0.1) is 0 Å². The summed E-state index contributed by atoms with van der Waals surface area (Å²) in [4.78, 5) is 18.9. The number of carbonyl (C=O) groups excluding carboxylic acids is 1. The van der Waals surface area contributed by atoms with Crippen molar-refractivity contribution in [2.24, 2.45) is 5.73 Å². The predicted molar refractivity (Wildman–Crippen MR) is 52.7 cm³/mol. The molecular formula is C8H11N3O2S. The molecule has 0 spiro atoms. The summed E-state index contributed by atoms with van der Waals surface area (Å²) >= 11 is 1.32. The molecule has 1 heterocycles. The molecule has 0 aliphatic rings. The summed E-state index contributed by atoms with van der Waals surface area (Å²) in [5.41, 5.74) is 5.52. The average Bonchev–Trinajstić information content (AvgIpc) is 2.26. The van der Waals surface area contributed by atoms with Gasteiger partial charge in [0, 0.05) is 18.1 Å². The smallest absolute Gasteiger partial charge is 0.323 e. The van der Waals surface area contributed by atoms with Gasteiger partial charge in [0.15, 0.2) is 5.16 Å². The number of ether oxygens (including phenoxy) is 1. The van der Waals surface area contributed by atoms with E-state index in [-0.39, 0.29) is 0 Å². The second-order valence-electron chi connectivity index (χ2n) is 2.47. The Kier molecular flexibility index (Phi) is 4.34. The summed E-state index contributed by atoms with van der Waals surface area (Å²) in [6.45, 7) is 0. The molecule has 0 aromatic carbocycles. The first-order valence-corrected chi connectivity index (χ1v) is 4.96. The standard InChI is InChI=1S/C8H11N3O2S/c1-13-7(12)6(9)5-14-8-10-3-2-4-11-8/h2-4,6H,5,9H2,1H3/t6-/m0/s1. The zero-order chi connectivity index (χ0) is 10.4. The molecule has 0 radical (unpaired) electrons. The van der Waals surface area contributed by atoms with E-state index in [9.17, 15) is 4.79 Å². The van der Waals surface area contributed by atoms with Crippen molar-refractivity contribution in [2.45, 2.75) is 11.2 Å². The number of carbonyl (C=O) groups is 1. The highest BCUT2D eigenvalue weighted by molar-refractivity contribution is 7.99. The van der Waals surface area contributed by atoms with Crippen molar-refractivity contribution in [3.05, 3.63) is 18.5 Å². The van der Waals surface area contributed by atoms with Crippen molar-refractivity contribution in [1.29, 1.82) is 0 Å². The van der Waals surface area contributed by atoms with Crippen molar-refractivity contribution in [3.63, 3.8) is 0 Å². The van der Waals surface area contributed by atoms with Crippen LogP contribution in [0.3, 0.4) is 0 Å². The largest absolute Gasteiger partial charge is 0.468 e. The maximum Gasteiger partial charge on any atom is 0.323 e. The lowest BCUT2D eigenvalue weighted by Crippen LogP contribution is -2.33. The Morgan fingerprint density at radius 1 is 1.64 bits per heavy atom. The highest BCUT2D eigenvalue weighted by Crippen LogP contribution is 2.11. The molecule has 1 aromatic rings. The molecule has 5 nitrogen and oxygen atoms in total. The third kappa shape index (κ3) is 3.31. The fraction of sp³-hybridized carbons (Fsp3) is 0.375. The van der Waals surface area contributed by atoms with Crippen LogP contribution < -0.4 is 5.73 Å². The van der Waals surface area contributed by atoms with E-state index in [1.165, 1.54) is 18.9 Å². The van der Waals surface area contributed by atoms with Crippen LogP contribution in [0.2, 0.25) is 0 Å². The third-order valence-electron chi connectivity index (χ3n) is 1.44. The van der Waals surface area contributed by atoms with Crippen LogP contribution in [0.15, 0.2) is 23.6 Å². The second-order valence-corrected chi connectivity index (χ2v) is 3.46. The van der Waals surface area contributed by atoms with E-state index < -0.39 is 12.0 Å². The number of aromatic nitrogens is 2. The third-order valence-corrected chi connectivity index (χ3v) is 2.43. The molecule has 1 atom stereocenters. The first-order valence-electron chi connectivity index (χ1n) is 3.97.